The molecule has 0 aliphatic rings. The zero-order chi connectivity index (χ0) is 18.8. The second kappa shape index (κ2) is 10.3. The van der Waals surface area contributed by atoms with E-state index in [4.69, 9.17) is 4.74 Å². The average Bonchev–Trinajstić information content (AvgIpc) is 2.61. The van der Waals surface area contributed by atoms with Crippen molar-refractivity contribution in [3.8, 4) is 11.5 Å². The molecule has 0 heterocycles. The minimum atomic E-state index is -4.32. The Kier molecular flexibility index (Phi) is 8.13. The van der Waals surface area contributed by atoms with Crippen LogP contribution in [0.25, 0.3) is 0 Å². The molecule has 0 aromatic heterocycles. The minimum Gasteiger partial charge on any atom is -0.456 e. The molecular weight excluding hydrogens is 348 g/mol. The van der Waals surface area contributed by atoms with E-state index in [0.29, 0.717) is 5.75 Å². The highest BCUT2D eigenvalue weighted by molar-refractivity contribution is 7.86. The molecule has 2 aromatic carbocycles. The second-order valence-electron chi connectivity index (χ2n) is 6.54. The molecule has 0 bridgehead atoms. The van der Waals surface area contributed by atoms with E-state index in [-0.39, 0.29) is 10.6 Å². The van der Waals surface area contributed by atoms with Crippen molar-refractivity contribution in [3.63, 3.8) is 0 Å². The molecule has 1 N–H and O–H groups in total. The van der Waals surface area contributed by atoms with Crippen molar-refractivity contribution in [2.24, 2.45) is 0 Å². The lowest BCUT2D eigenvalue weighted by molar-refractivity contribution is 0.449. The van der Waals surface area contributed by atoms with E-state index in [1.54, 1.807) is 18.2 Å². The molecule has 2 aromatic rings. The van der Waals surface area contributed by atoms with Crippen molar-refractivity contribution < 1.29 is 17.7 Å². The van der Waals surface area contributed by atoms with Crippen LogP contribution in [0.3, 0.4) is 0 Å². The van der Waals surface area contributed by atoms with Crippen LogP contribution in [0.5, 0.6) is 11.5 Å². The van der Waals surface area contributed by atoms with E-state index < -0.39 is 10.1 Å². The van der Waals surface area contributed by atoms with Gasteiger partial charge in [0.2, 0.25) is 0 Å². The van der Waals surface area contributed by atoms with E-state index in [0.717, 1.165) is 12.8 Å². The van der Waals surface area contributed by atoms with Gasteiger partial charge in [0.15, 0.2) is 0 Å². The molecule has 142 valence electrons. The van der Waals surface area contributed by atoms with Crippen LogP contribution in [0.2, 0.25) is 0 Å². The summed E-state index contributed by atoms with van der Waals surface area (Å²) in [7, 11) is -4.32. The average molecular weight is 377 g/mol. The molecule has 0 saturated heterocycles. The third-order valence-electron chi connectivity index (χ3n) is 4.32. The Morgan fingerprint density at radius 2 is 1.58 bits per heavy atom. The molecular formula is C21H28O4S. The van der Waals surface area contributed by atoms with E-state index in [1.165, 1.54) is 56.2 Å². The quantitative estimate of drug-likeness (QED) is 0.385. The maximum atomic E-state index is 11.5. The van der Waals surface area contributed by atoms with Gasteiger partial charge in [0, 0.05) is 0 Å². The molecule has 0 fully saturated rings. The van der Waals surface area contributed by atoms with E-state index in [9.17, 15) is 13.0 Å². The molecule has 2 rings (SSSR count). The van der Waals surface area contributed by atoms with Gasteiger partial charge in [-0.25, -0.2) is 0 Å². The Labute approximate surface area is 157 Å². The number of aryl methyl sites for hydroxylation is 1. The maximum absolute atomic E-state index is 11.5. The lowest BCUT2D eigenvalue weighted by Crippen LogP contribution is -2.00. The summed E-state index contributed by atoms with van der Waals surface area (Å²) >= 11 is 0. The summed E-state index contributed by atoms with van der Waals surface area (Å²) in [6.07, 6.45) is 9.84. The van der Waals surface area contributed by atoms with Crippen LogP contribution < -0.4 is 4.74 Å². The van der Waals surface area contributed by atoms with Crippen LogP contribution in [0, 0.1) is 0 Å². The smallest absolute Gasteiger partial charge is 0.298 e. The number of benzene rings is 2. The Balaban J connectivity index is 1.92. The van der Waals surface area contributed by atoms with Gasteiger partial charge in [-0.15, -0.1) is 0 Å². The molecule has 0 amide bonds. The number of ether oxygens (including phenoxy) is 1. The predicted molar refractivity (Wildman–Crippen MR) is 104 cm³/mol. The Hall–Kier alpha value is -1.85. The second-order valence-corrected chi connectivity index (χ2v) is 7.93. The third kappa shape index (κ3) is 6.81. The van der Waals surface area contributed by atoms with Gasteiger partial charge in [0.05, 0.1) is 0 Å². The SMILES string of the molecule is CCCCCCCCCc1cccc(Oc2ccccc2S(=O)(=O)O)c1. The van der Waals surface area contributed by atoms with Gasteiger partial charge in [-0.1, -0.05) is 69.7 Å². The highest BCUT2D eigenvalue weighted by Crippen LogP contribution is 2.29. The summed E-state index contributed by atoms with van der Waals surface area (Å²) in [5.41, 5.74) is 1.17. The van der Waals surface area contributed by atoms with Gasteiger partial charge in [-0.2, -0.15) is 8.42 Å². The number of unbranched alkanes of at least 4 members (excludes halogenated alkanes) is 6. The lowest BCUT2D eigenvalue weighted by Gasteiger charge is -2.10. The van der Waals surface area contributed by atoms with Crippen LogP contribution in [-0.2, 0) is 16.5 Å². The number of rotatable bonds is 11. The number of hydrogen-bond donors (Lipinski definition) is 1. The molecule has 0 saturated carbocycles. The van der Waals surface area contributed by atoms with Gasteiger partial charge in [-0.3, -0.25) is 4.55 Å². The summed E-state index contributed by atoms with van der Waals surface area (Å²) in [5.74, 6) is 0.699. The monoisotopic (exact) mass is 376 g/mol. The van der Waals surface area contributed by atoms with Crippen LogP contribution in [0.15, 0.2) is 53.4 Å². The standard InChI is InChI=1S/C21H28O4S/c1-2-3-4-5-6-7-8-12-18-13-11-14-19(17-18)25-20-15-9-10-16-21(20)26(22,23)24/h9-11,13-17H,2-8,12H2,1H3,(H,22,23,24). The fourth-order valence-corrected chi connectivity index (χ4v) is 3.54. The van der Waals surface area contributed by atoms with Crippen molar-refractivity contribution in [2.75, 3.05) is 0 Å². The highest BCUT2D eigenvalue weighted by Gasteiger charge is 2.16. The fourth-order valence-electron chi connectivity index (χ4n) is 2.93. The molecule has 5 heteroatoms. The molecule has 0 radical (unpaired) electrons. The van der Waals surface area contributed by atoms with Crippen molar-refractivity contribution >= 4 is 10.1 Å². The van der Waals surface area contributed by atoms with E-state index in [1.807, 2.05) is 12.1 Å². The summed E-state index contributed by atoms with van der Waals surface area (Å²) < 4.78 is 37.9. The van der Waals surface area contributed by atoms with Crippen LogP contribution in [0.4, 0.5) is 0 Å². The Bertz CT molecular complexity index is 784. The first-order chi connectivity index (χ1) is 12.5. The molecule has 0 spiro atoms. The van der Waals surface area contributed by atoms with Crippen molar-refractivity contribution in [1.82, 2.24) is 0 Å². The lowest BCUT2D eigenvalue weighted by atomic mass is 10.0. The molecule has 4 nitrogen and oxygen atoms in total. The van der Waals surface area contributed by atoms with Crippen LogP contribution in [0.1, 0.15) is 57.4 Å². The predicted octanol–water partition coefficient (Wildman–Crippen LogP) is 6.02. The fraction of sp³-hybridized carbons (Fsp3) is 0.429. The van der Waals surface area contributed by atoms with Crippen LogP contribution >= 0.6 is 0 Å². The summed E-state index contributed by atoms with van der Waals surface area (Å²) in [6.45, 7) is 2.23. The van der Waals surface area contributed by atoms with Gasteiger partial charge in [0.1, 0.15) is 16.4 Å². The first kappa shape index (κ1) is 20.5. The molecule has 0 aliphatic heterocycles. The maximum Gasteiger partial charge on any atom is 0.298 e. The topological polar surface area (TPSA) is 63.6 Å². The summed E-state index contributed by atoms with van der Waals surface area (Å²) in [4.78, 5) is -0.225. The van der Waals surface area contributed by atoms with Crippen molar-refractivity contribution in [2.45, 2.75) is 63.2 Å². The third-order valence-corrected chi connectivity index (χ3v) is 5.22. The number of para-hydroxylation sites is 1. The normalized spacial score (nSPS) is 11.5. The van der Waals surface area contributed by atoms with Gasteiger partial charge in [-0.05, 0) is 42.7 Å². The Morgan fingerprint density at radius 3 is 2.31 bits per heavy atom. The summed E-state index contributed by atoms with van der Waals surface area (Å²) in [6, 6.07) is 13.8. The highest BCUT2D eigenvalue weighted by atomic mass is 32.2. The molecule has 0 atom stereocenters. The van der Waals surface area contributed by atoms with Gasteiger partial charge < -0.3 is 4.74 Å². The Morgan fingerprint density at radius 1 is 0.885 bits per heavy atom. The first-order valence-corrected chi connectivity index (χ1v) is 10.8. The minimum absolute atomic E-state index is 0.128. The summed E-state index contributed by atoms with van der Waals surface area (Å²) in [5, 5.41) is 0. The first-order valence-electron chi connectivity index (χ1n) is 9.34. The van der Waals surface area contributed by atoms with E-state index in [2.05, 4.69) is 13.0 Å². The number of hydrogen-bond acceptors (Lipinski definition) is 3. The molecule has 0 unspecified atom stereocenters. The molecule has 0 aliphatic carbocycles. The van der Waals surface area contributed by atoms with Gasteiger partial charge in [0.25, 0.3) is 10.1 Å². The van der Waals surface area contributed by atoms with Crippen LogP contribution in [-0.4, -0.2) is 13.0 Å². The zero-order valence-corrected chi connectivity index (χ0v) is 16.2. The van der Waals surface area contributed by atoms with Crippen molar-refractivity contribution in [3.05, 3.63) is 54.1 Å². The van der Waals surface area contributed by atoms with Crippen molar-refractivity contribution in [1.29, 1.82) is 0 Å². The zero-order valence-electron chi connectivity index (χ0n) is 15.4. The molecule has 26 heavy (non-hydrogen) atoms. The largest absolute Gasteiger partial charge is 0.456 e. The van der Waals surface area contributed by atoms with Gasteiger partial charge >= 0.3 is 0 Å². The van der Waals surface area contributed by atoms with E-state index >= 15 is 0 Å².